The van der Waals surface area contributed by atoms with Crippen molar-refractivity contribution in [2.45, 2.75) is 18.6 Å². The highest BCUT2D eigenvalue weighted by Gasteiger charge is 2.37. The zero-order chi connectivity index (χ0) is 14.7. The van der Waals surface area contributed by atoms with Gasteiger partial charge >= 0.3 is 0 Å². The SMILES string of the molecule is CCN1C(=O)C(CC(=O)Nc2ccccc2Br)SC1=S. The highest BCUT2D eigenvalue weighted by atomic mass is 79.9. The summed E-state index contributed by atoms with van der Waals surface area (Å²) in [4.78, 5) is 25.6. The van der Waals surface area contributed by atoms with Crippen molar-refractivity contribution in [1.29, 1.82) is 0 Å². The molecule has 0 aliphatic carbocycles. The molecule has 0 radical (unpaired) electrons. The third-order valence-electron chi connectivity index (χ3n) is 2.84. The van der Waals surface area contributed by atoms with Gasteiger partial charge in [0, 0.05) is 17.4 Å². The third-order valence-corrected chi connectivity index (χ3v) is 5.12. The van der Waals surface area contributed by atoms with Crippen molar-refractivity contribution in [2.24, 2.45) is 0 Å². The quantitative estimate of drug-likeness (QED) is 0.825. The number of nitrogens with one attached hydrogen (secondary N) is 1. The van der Waals surface area contributed by atoms with E-state index in [-0.39, 0.29) is 18.2 Å². The number of anilines is 1. The summed E-state index contributed by atoms with van der Waals surface area (Å²) in [6.45, 7) is 2.42. The molecule has 1 heterocycles. The molecule has 7 heteroatoms. The molecule has 1 aliphatic rings. The molecule has 0 saturated carbocycles. The molecule has 1 fully saturated rings. The van der Waals surface area contributed by atoms with Crippen molar-refractivity contribution in [3.63, 3.8) is 0 Å². The van der Waals surface area contributed by atoms with Crippen molar-refractivity contribution >= 4 is 61.7 Å². The van der Waals surface area contributed by atoms with E-state index >= 15 is 0 Å². The second-order valence-corrected chi connectivity index (χ2v) is 6.88. The number of amides is 2. The molecule has 2 amide bonds. The summed E-state index contributed by atoms with van der Waals surface area (Å²) in [7, 11) is 0. The predicted octanol–water partition coefficient (Wildman–Crippen LogP) is 3.03. The molecule has 20 heavy (non-hydrogen) atoms. The number of hydrogen-bond acceptors (Lipinski definition) is 4. The second-order valence-electron chi connectivity index (χ2n) is 4.19. The van der Waals surface area contributed by atoms with Gasteiger partial charge in [-0.15, -0.1) is 0 Å². The van der Waals surface area contributed by atoms with Crippen LogP contribution in [-0.4, -0.2) is 32.8 Å². The van der Waals surface area contributed by atoms with E-state index in [4.69, 9.17) is 12.2 Å². The molecule has 0 aromatic heterocycles. The largest absolute Gasteiger partial charge is 0.325 e. The molecule has 1 N–H and O–H groups in total. The molecule has 1 aliphatic heterocycles. The first-order valence-electron chi connectivity index (χ1n) is 6.09. The van der Waals surface area contributed by atoms with Crippen LogP contribution in [-0.2, 0) is 9.59 Å². The molecule has 1 aromatic carbocycles. The van der Waals surface area contributed by atoms with Crippen LogP contribution in [0, 0.1) is 0 Å². The summed E-state index contributed by atoms with van der Waals surface area (Å²) in [5.41, 5.74) is 0.697. The van der Waals surface area contributed by atoms with E-state index in [0.29, 0.717) is 16.6 Å². The third kappa shape index (κ3) is 3.39. The maximum absolute atomic E-state index is 12.0. The Labute approximate surface area is 135 Å². The maximum Gasteiger partial charge on any atom is 0.242 e. The molecule has 1 saturated heterocycles. The molecule has 0 bridgehead atoms. The van der Waals surface area contributed by atoms with Crippen molar-refractivity contribution in [1.82, 2.24) is 4.90 Å². The number of rotatable bonds is 4. The van der Waals surface area contributed by atoms with E-state index in [0.717, 1.165) is 4.47 Å². The van der Waals surface area contributed by atoms with E-state index in [1.165, 1.54) is 16.7 Å². The fourth-order valence-corrected chi connectivity index (χ4v) is 3.85. The summed E-state index contributed by atoms with van der Waals surface area (Å²) >= 11 is 9.77. The Morgan fingerprint density at radius 2 is 2.20 bits per heavy atom. The van der Waals surface area contributed by atoms with Gasteiger partial charge in [-0.2, -0.15) is 0 Å². The minimum absolute atomic E-state index is 0.0789. The van der Waals surface area contributed by atoms with Crippen molar-refractivity contribution in [3.8, 4) is 0 Å². The lowest BCUT2D eigenvalue weighted by molar-refractivity contribution is -0.128. The second kappa shape index (κ2) is 6.69. The molecule has 1 aromatic rings. The van der Waals surface area contributed by atoms with E-state index < -0.39 is 5.25 Å². The number of hydrogen-bond donors (Lipinski definition) is 1. The van der Waals surface area contributed by atoms with Crippen LogP contribution < -0.4 is 5.32 Å². The van der Waals surface area contributed by atoms with Gasteiger partial charge in [-0.25, -0.2) is 0 Å². The fraction of sp³-hybridized carbons (Fsp3) is 0.308. The van der Waals surface area contributed by atoms with Crippen LogP contribution in [0.4, 0.5) is 5.69 Å². The Morgan fingerprint density at radius 1 is 1.50 bits per heavy atom. The molecule has 106 valence electrons. The highest BCUT2D eigenvalue weighted by Crippen LogP contribution is 2.30. The van der Waals surface area contributed by atoms with Gasteiger partial charge in [-0.1, -0.05) is 36.1 Å². The average molecular weight is 373 g/mol. The summed E-state index contributed by atoms with van der Waals surface area (Å²) in [5, 5.41) is 2.38. The number of benzene rings is 1. The zero-order valence-corrected chi connectivity index (χ0v) is 14.0. The summed E-state index contributed by atoms with van der Waals surface area (Å²) in [6.07, 6.45) is 0.126. The van der Waals surface area contributed by atoms with Crippen molar-refractivity contribution < 1.29 is 9.59 Å². The lowest BCUT2D eigenvalue weighted by Gasteiger charge is -2.12. The number of para-hydroxylation sites is 1. The van der Waals surface area contributed by atoms with E-state index in [1.807, 2.05) is 25.1 Å². The Hall–Kier alpha value is -0.920. The van der Waals surface area contributed by atoms with Crippen LogP contribution in [0.3, 0.4) is 0 Å². The van der Waals surface area contributed by atoms with Crippen molar-refractivity contribution in [3.05, 3.63) is 28.7 Å². The van der Waals surface area contributed by atoms with Crippen LogP contribution in [0.1, 0.15) is 13.3 Å². The van der Waals surface area contributed by atoms with Crippen LogP contribution in [0.15, 0.2) is 28.7 Å². The minimum Gasteiger partial charge on any atom is -0.325 e. The van der Waals surface area contributed by atoms with Gasteiger partial charge in [0.2, 0.25) is 11.8 Å². The first-order chi connectivity index (χ1) is 9.52. The molecular weight excluding hydrogens is 360 g/mol. The van der Waals surface area contributed by atoms with E-state index in [9.17, 15) is 9.59 Å². The monoisotopic (exact) mass is 372 g/mol. The number of carbonyl (C=O) groups excluding carboxylic acids is 2. The first-order valence-corrected chi connectivity index (χ1v) is 8.17. The van der Waals surface area contributed by atoms with Crippen LogP contribution in [0.25, 0.3) is 0 Å². The van der Waals surface area contributed by atoms with Gasteiger partial charge in [-0.05, 0) is 35.0 Å². The number of thioether (sulfide) groups is 1. The van der Waals surface area contributed by atoms with Crippen LogP contribution >= 0.6 is 39.9 Å². The first kappa shape index (κ1) is 15.5. The normalized spacial score (nSPS) is 18.5. The van der Waals surface area contributed by atoms with E-state index in [2.05, 4.69) is 21.2 Å². The number of nitrogens with zero attached hydrogens (tertiary/aromatic N) is 1. The Kier molecular flexibility index (Phi) is 5.17. The zero-order valence-electron chi connectivity index (χ0n) is 10.8. The smallest absolute Gasteiger partial charge is 0.242 e. The molecule has 2 rings (SSSR count). The highest BCUT2D eigenvalue weighted by molar-refractivity contribution is 9.10. The number of carbonyl (C=O) groups is 2. The molecule has 0 spiro atoms. The molecule has 1 atom stereocenters. The topological polar surface area (TPSA) is 49.4 Å². The lowest BCUT2D eigenvalue weighted by Crippen LogP contribution is -2.32. The van der Waals surface area contributed by atoms with Gasteiger partial charge < -0.3 is 5.32 Å². The molecule has 4 nitrogen and oxygen atoms in total. The Balaban J connectivity index is 1.98. The maximum atomic E-state index is 12.0. The molecular formula is C13H13BrN2O2S2. The minimum atomic E-state index is -0.412. The predicted molar refractivity (Wildman–Crippen MR) is 88.8 cm³/mol. The summed E-state index contributed by atoms with van der Waals surface area (Å²) in [6, 6.07) is 7.35. The van der Waals surface area contributed by atoms with Gasteiger partial charge in [0.1, 0.15) is 4.32 Å². The lowest BCUT2D eigenvalue weighted by atomic mass is 10.2. The fourth-order valence-electron chi connectivity index (χ4n) is 1.85. The van der Waals surface area contributed by atoms with Gasteiger partial charge in [0.05, 0.1) is 10.9 Å². The number of halogens is 1. The van der Waals surface area contributed by atoms with Gasteiger partial charge in [-0.3, -0.25) is 14.5 Å². The van der Waals surface area contributed by atoms with Crippen LogP contribution in [0.2, 0.25) is 0 Å². The Morgan fingerprint density at radius 3 is 2.80 bits per heavy atom. The van der Waals surface area contributed by atoms with Gasteiger partial charge in [0.25, 0.3) is 0 Å². The standard InChI is InChI=1S/C13H13BrN2O2S2/c1-2-16-12(18)10(20-13(16)19)7-11(17)15-9-6-4-3-5-8(9)14/h3-6,10H,2,7H2,1H3,(H,15,17). The van der Waals surface area contributed by atoms with E-state index in [1.54, 1.807) is 6.07 Å². The average Bonchev–Trinajstić information content (AvgIpc) is 2.67. The van der Waals surface area contributed by atoms with Crippen molar-refractivity contribution in [2.75, 3.05) is 11.9 Å². The number of thiocarbonyl (C=S) groups is 1. The summed E-state index contributed by atoms with van der Waals surface area (Å²) < 4.78 is 1.36. The van der Waals surface area contributed by atoms with Crippen LogP contribution in [0.5, 0.6) is 0 Å². The van der Waals surface area contributed by atoms with Gasteiger partial charge in [0.15, 0.2) is 0 Å². The summed E-state index contributed by atoms with van der Waals surface area (Å²) in [5.74, 6) is -0.270. The Bertz CT molecular complexity index is 565. The molecule has 1 unspecified atom stereocenters.